The van der Waals surface area contributed by atoms with E-state index in [4.69, 9.17) is 0 Å². The van der Waals surface area contributed by atoms with Crippen molar-refractivity contribution in [3.8, 4) is 0 Å². The van der Waals surface area contributed by atoms with E-state index in [-0.39, 0.29) is 18.9 Å². The number of anilines is 1. The second-order valence-electron chi connectivity index (χ2n) is 4.33. The predicted octanol–water partition coefficient (Wildman–Crippen LogP) is 1.64. The van der Waals surface area contributed by atoms with E-state index in [0.717, 1.165) is 0 Å². The average Bonchev–Trinajstić information content (AvgIpc) is 2.54. The molecular weight excluding hydrogens is 228 g/mol. The smallest absolute Gasteiger partial charge is 0.252 e. The fraction of sp³-hybridized carbons (Fsp3) is 0.500. The molecule has 0 radical (unpaired) electrons. The van der Waals surface area contributed by atoms with Crippen molar-refractivity contribution in [2.45, 2.75) is 31.7 Å². The molecule has 90 valence electrons. The number of halogens is 2. The van der Waals surface area contributed by atoms with Crippen molar-refractivity contribution >= 4 is 11.5 Å². The third-order valence-electron chi connectivity index (χ3n) is 2.76. The van der Waals surface area contributed by atoms with Crippen LogP contribution in [-0.4, -0.2) is 31.8 Å². The lowest BCUT2D eigenvalue weighted by Crippen LogP contribution is -2.44. The van der Waals surface area contributed by atoms with Crippen LogP contribution in [0, 0.1) is 6.92 Å². The first-order valence-electron chi connectivity index (χ1n) is 5.37. The lowest BCUT2D eigenvalue weighted by molar-refractivity contribution is -0.0794. The van der Waals surface area contributed by atoms with Gasteiger partial charge in [-0.05, 0) is 19.1 Å². The van der Waals surface area contributed by atoms with E-state index in [1.54, 1.807) is 19.1 Å². The lowest BCUT2D eigenvalue weighted by Gasteiger charge is -2.35. The number of fused-ring (bicyclic) bond motifs is 1. The summed E-state index contributed by atoms with van der Waals surface area (Å²) in [5.74, 6) is -1.35. The first-order valence-corrected chi connectivity index (χ1v) is 5.37. The van der Waals surface area contributed by atoms with Gasteiger partial charge >= 0.3 is 0 Å². The average molecular weight is 239 g/mol. The standard InChI is InChI=1S/C10H11F2N5/c1-6-13-9-3-2-8(16-17(9)15-6)14-7-4-10(11,12)5-7/h2-3,7H,4-5H2,1H3,(H,14,16). The van der Waals surface area contributed by atoms with Crippen LogP contribution in [0.4, 0.5) is 14.6 Å². The summed E-state index contributed by atoms with van der Waals surface area (Å²) < 4.78 is 26.7. The van der Waals surface area contributed by atoms with E-state index in [1.807, 2.05) is 0 Å². The normalized spacial score (nSPS) is 19.2. The van der Waals surface area contributed by atoms with E-state index >= 15 is 0 Å². The van der Waals surface area contributed by atoms with Crippen LogP contribution in [-0.2, 0) is 0 Å². The quantitative estimate of drug-likeness (QED) is 0.865. The Kier molecular flexibility index (Phi) is 2.04. The zero-order chi connectivity index (χ0) is 12.0. The Morgan fingerprint density at radius 2 is 2.12 bits per heavy atom. The second-order valence-corrected chi connectivity index (χ2v) is 4.33. The molecular formula is C10H11F2N5. The van der Waals surface area contributed by atoms with Crippen molar-refractivity contribution in [3.05, 3.63) is 18.0 Å². The van der Waals surface area contributed by atoms with Crippen LogP contribution in [0.15, 0.2) is 12.1 Å². The monoisotopic (exact) mass is 239 g/mol. The van der Waals surface area contributed by atoms with Crippen LogP contribution in [0.5, 0.6) is 0 Å². The van der Waals surface area contributed by atoms with Gasteiger partial charge in [0.15, 0.2) is 5.65 Å². The van der Waals surface area contributed by atoms with Gasteiger partial charge in [0.2, 0.25) is 0 Å². The Morgan fingerprint density at radius 1 is 1.35 bits per heavy atom. The van der Waals surface area contributed by atoms with Gasteiger partial charge in [-0.1, -0.05) is 0 Å². The molecule has 0 spiro atoms. The first kappa shape index (κ1) is 10.4. The Morgan fingerprint density at radius 3 is 2.82 bits per heavy atom. The summed E-state index contributed by atoms with van der Waals surface area (Å²) in [6.07, 6.45) is -0.272. The minimum Gasteiger partial charge on any atom is -0.365 e. The molecule has 0 aliphatic heterocycles. The molecule has 1 N–H and O–H groups in total. The van der Waals surface area contributed by atoms with Gasteiger partial charge in [-0.25, -0.2) is 13.8 Å². The molecule has 2 aromatic rings. The van der Waals surface area contributed by atoms with Crippen molar-refractivity contribution in [3.63, 3.8) is 0 Å². The minimum absolute atomic E-state index is 0.136. The number of aryl methyl sites for hydroxylation is 1. The van der Waals surface area contributed by atoms with E-state index in [0.29, 0.717) is 17.3 Å². The van der Waals surface area contributed by atoms with Gasteiger partial charge in [0.25, 0.3) is 5.92 Å². The molecule has 1 fully saturated rings. The molecule has 2 aromatic heterocycles. The largest absolute Gasteiger partial charge is 0.365 e. The van der Waals surface area contributed by atoms with Gasteiger partial charge in [-0.3, -0.25) is 0 Å². The maximum absolute atomic E-state index is 12.7. The van der Waals surface area contributed by atoms with Gasteiger partial charge in [-0.2, -0.15) is 0 Å². The van der Waals surface area contributed by atoms with Crippen LogP contribution in [0.1, 0.15) is 18.7 Å². The highest BCUT2D eigenvalue weighted by Gasteiger charge is 2.45. The Bertz CT molecular complexity index is 557. The van der Waals surface area contributed by atoms with E-state index in [2.05, 4.69) is 20.5 Å². The lowest BCUT2D eigenvalue weighted by atomic mass is 9.88. The summed E-state index contributed by atoms with van der Waals surface area (Å²) in [5.41, 5.74) is 0.645. The molecule has 0 atom stereocenters. The molecule has 3 rings (SSSR count). The topological polar surface area (TPSA) is 55.1 Å². The summed E-state index contributed by atoms with van der Waals surface area (Å²) in [4.78, 5) is 4.13. The molecule has 0 aromatic carbocycles. The molecule has 0 saturated heterocycles. The van der Waals surface area contributed by atoms with Crippen molar-refractivity contribution in [2.75, 3.05) is 5.32 Å². The fourth-order valence-corrected chi connectivity index (χ4v) is 1.94. The van der Waals surface area contributed by atoms with Gasteiger partial charge in [-0.15, -0.1) is 14.8 Å². The highest BCUT2D eigenvalue weighted by Crippen LogP contribution is 2.38. The SMILES string of the molecule is Cc1nc2ccc(NC3CC(F)(F)C3)nn2n1. The van der Waals surface area contributed by atoms with Crippen molar-refractivity contribution in [1.82, 2.24) is 19.8 Å². The fourth-order valence-electron chi connectivity index (χ4n) is 1.94. The molecule has 0 amide bonds. The Balaban J connectivity index is 1.77. The number of nitrogens with zero attached hydrogens (tertiary/aromatic N) is 4. The first-order chi connectivity index (χ1) is 8.02. The second kappa shape index (κ2) is 3.35. The van der Waals surface area contributed by atoms with Crippen molar-refractivity contribution in [2.24, 2.45) is 0 Å². The van der Waals surface area contributed by atoms with Crippen LogP contribution < -0.4 is 5.32 Å². The summed E-state index contributed by atoms with van der Waals surface area (Å²) in [7, 11) is 0. The molecule has 17 heavy (non-hydrogen) atoms. The Labute approximate surface area is 95.8 Å². The summed E-state index contributed by atoms with van der Waals surface area (Å²) >= 11 is 0. The number of rotatable bonds is 2. The number of hydrogen-bond acceptors (Lipinski definition) is 4. The maximum Gasteiger partial charge on any atom is 0.252 e. The number of nitrogens with one attached hydrogen (secondary N) is 1. The van der Waals surface area contributed by atoms with E-state index in [9.17, 15) is 8.78 Å². The summed E-state index contributed by atoms with van der Waals surface area (Å²) in [6, 6.07) is 3.27. The molecule has 1 aliphatic carbocycles. The minimum atomic E-state index is -2.52. The van der Waals surface area contributed by atoms with Crippen LogP contribution in [0.3, 0.4) is 0 Å². The molecule has 1 saturated carbocycles. The molecule has 0 unspecified atom stereocenters. The third kappa shape index (κ3) is 1.92. The molecule has 5 nitrogen and oxygen atoms in total. The van der Waals surface area contributed by atoms with Crippen LogP contribution in [0.25, 0.3) is 5.65 Å². The van der Waals surface area contributed by atoms with Gasteiger partial charge in [0.1, 0.15) is 11.6 Å². The number of hydrogen-bond donors (Lipinski definition) is 1. The molecule has 7 heteroatoms. The maximum atomic E-state index is 12.7. The highest BCUT2D eigenvalue weighted by atomic mass is 19.3. The van der Waals surface area contributed by atoms with Crippen molar-refractivity contribution in [1.29, 1.82) is 0 Å². The van der Waals surface area contributed by atoms with Gasteiger partial charge in [0.05, 0.1) is 0 Å². The zero-order valence-electron chi connectivity index (χ0n) is 9.19. The van der Waals surface area contributed by atoms with Gasteiger partial charge in [0, 0.05) is 18.9 Å². The van der Waals surface area contributed by atoms with Gasteiger partial charge < -0.3 is 5.32 Å². The molecule has 0 bridgehead atoms. The third-order valence-corrected chi connectivity index (χ3v) is 2.76. The van der Waals surface area contributed by atoms with Crippen LogP contribution >= 0.6 is 0 Å². The summed E-state index contributed by atoms with van der Waals surface area (Å²) in [5, 5.41) is 11.2. The number of alkyl halides is 2. The van der Waals surface area contributed by atoms with E-state index < -0.39 is 5.92 Å². The zero-order valence-corrected chi connectivity index (χ0v) is 9.19. The molecule has 1 aliphatic rings. The Hall–Kier alpha value is -1.79. The molecule has 2 heterocycles. The van der Waals surface area contributed by atoms with Crippen molar-refractivity contribution < 1.29 is 8.78 Å². The van der Waals surface area contributed by atoms with E-state index in [1.165, 1.54) is 4.63 Å². The number of aromatic nitrogens is 4. The van der Waals surface area contributed by atoms with Crippen LogP contribution in [0.2, 0.25) is 0 Å². The highest BCUT2D eigenvalue weighted by molar-refractivity contribution is 5.44. The summed E-state index contributed by atoms with van der Waals surface area (Å²) in [6.45, 7) is 1.77. The predicted molar refractivity (Wildman–Crippen MR) is 57.1 cm³/mol.